The van der Waals surface area contributed by atoms with Gasteiger partial charge in [0, 0.05) is 16.7 Å². The third-order valence-corrected chi connectivity index (χ3v) is 4.42. The maximum atomic E-state index is 11.4. The fourth-order valence-electron chi connectivity index (χ4n) is 1.97. The molecule has 4 nitrogen and oxygen atoms in total. The highest BCUT2D eigenvalue weighted by Crippen LogP contribution is 2.25. The topological polar surface area (TPSA) is 58.2 Å². The summed E-state index contributed by atoms with van der Waals surface area (Å²) in [5, 5.41) is 3.33. The summed E-state index contributed by atoms with van der Waals surface area (Å²) in [4.78, 5) is 0. The standard InChI is InChI=1S/C15H17BrN2O2S/c1-11-14(8-5-9-15(11)18-21(2,19)20)17-10-12-6-3-4-7-13(12)16/h3-9,17-18H,10H2,1-2H3. The lowest BCUT2D eigenvalue weighted by molar-refractivity contribution is 0.607. The van der Waals surface area contributed by atoms with E-state index >= 15 is 0 Å². The minimum atomic E-state index is -3.28. The molecule has 0 bridgehead atoms. The average molecular weight is 369 g/mol. The maximum Gasteiger partial charge on any atom is 0.229 e. The molecule has 21 heavy (non-hydrogen) atoms. The maximum absolute atomic E-state index is 11.4. The number of nitrogens with one attached hydrogen (secondary N) is 2. The lowest BCUT2D eigenvalue weighted by Crippen LogP contribution is -2.11. The number of hydrogen-bond donors (Lipinski definition) is 2. The molecule has 6 heteroatoms. The summed E-state index contributed by atoms with van der Waals surface area (Å²) in [6.07, 6.45) is 1.15. The smallest absolute Gasteiger partial charge is 0.229 e. The Hall–Kier alpha value is -1.53. The average Bonchev–Trinajstić information content (AvgIpc) is 2.40. The third kappa shape index (κ3) is 4.47. The summed E-state index contributed by atoms with van der Waals surface area (Å²) in [7, 11) is -3.28. The van der Waals surface area contributed by atoms with Crippen molar-refractivity contribution in [1.82, 2.24) is 0 Å². The molecule has 0 saturated carbocycles. The zero-order valence-corrected chi connectivity index (χ0v) is 14.3. The number of anilines is 2. The zero-order chi connectivity index (χ0) is 15.5. The molecule has 2 aromatic rings. The quantitative estimate of drug-likeness (QED) is 0.844. The van der Waals surface area contributed by atoms with Crippen molar-refractivity contribution in [2.24, 2.45) is 0 Å². The lowest BCUT2D eigenvalue weighted by atomic mass is 10.1. The van der Waals surface area contributed by atoms with Crippen LogP contribution in [0.4, 0.5) is 11.4 Å². The Labute approximate surface area is 133 Å². The summed E-state index contributed by atoms with van der Waals surface area (Å²) in [5.41, 5.74) is 3.50. The van der Waals surface area contributed by atoms with E-state index in [0.717, 1.165) is 27.5 Å². The highest BCUT2D eigenvalue weighted by molar-refractivity contribution is 9.10. The summed E-state index contributed by atoms with van der Waals surface area (Å²) in [5.74, 6) is 0. The molecular formula is C15H17BrN2O2S. The van der Waals surface area contributed by atoms with Gasteiger partial charge in [0.1, 0.15) is 0 Å². The van der Waals surface area contributed by atoms with Crippen molar-refractivity contribution in [3.05, 3.63) is 58.1 Å². The molecule has 0 aliphatic heterocycles. The molecule has 0 saturated heterocycles. The van der Waals surface area contributed by atoms with Crippen molar-refractivity contribution < 1.29 is 8.42 Å². The molecule has 0 aliphatic carbocycles. The van der Waals surface area contributed by atoms with Crippen molar-refractivity contribution in [2.45, 2.75) is 13.5 Å². The molecule has 0 atom stereocenters. The van der Waals surface area contributed by atoms with Gasteiger partial charge in [-0.15, -0.1) is 0 Å². The van der Waals surface area contributed by atoms with E-state index in [2.05, 4.69) is 26.0 Å². The first-order valence-corrected chi connectivity index (χ1v) is 9.10. The van der Waals surface area contributed by atoms with Crippen LogP contribution in [0.2, 0.25) is 0 Å². The molecule has 2 N–H and O–H groups in total. The molecule has 0 aromatic heterocycles. The van der Waals surface area contributed by atoms with E-state index in [-0.39, 0.29) is 0 Å². The molecule has 0 spiro atoms. The van der Waals surface area contributed by atoms with Gasteiger partial charge in [0.05, 0.1) is 11.9 Å². The summed E-state index contributed by atoms with van der Waals surface area (Å²) >= 11 is 3.51. The first kappa shape index (κ1) is 15.9. The van der Waals surface area contributed by atoms with Gasteiger partial charge in [-0.05, 0) is 36.2 Å². The molecule has 0 aliphatic rings. The van der Waals surface area contributed by atoms with Crippen LogP contribution in [0.1, 0.15) is 11.1 Å². The van der Waals surface area contributed by atoms with E-state index < -0.39 is 10.0 Å². The second-order valence-corrected chi connectivity index (χ2v) is 7.40. The van der Waals surface area contributed by atoms with Gasteiger partial charge < -0.3 is 5.32 Å². The van der Waals surface area contributed by atoms with Crippen molar-refractivity contribution in [3.8, 4) is 0 Å². The first-order chi connectivity index (χ1) is 9.87. The van der Waals surface area contributed by atoms with Crippen LogP contribution in [0, 0.1) is 6.92 Å². The summed E-state index contributed by atoms with van der Waals surface area (Å²) in [6, 6.07) is 13.5. The lowest BCUT2D eigenvalue weighted by Gasteiger charge is -2.14. The third-order valence-electron chi connectivity index (χ3n) is 3.06. The van der Waals surface area contributed by atoms with Gasteiger partial charge in [0.2, 0.25) is 10.0 Å². The van der Waals surface area contributed by atoms with Crippen LogP contribution in [0.5, 0.6) is 0 Å². The summed E-state index contributed by atoms with van der Waals surface area (Å²) in [6.45, 7) is 2.54. The fourth-order valence-corrected chi connectivity index (χ4v) is 3.02. The Bertz CT molecular complexity index is 745. The van der Waals surface area contributed by atoms with Gasteiger partial charge in [-0.2, -0.15) is 0 Å². The van der Waals surface area contributed by atoms with Crippen LogP contribution >= 0.6 is 15.9 Å². The summed E-state index contributed by atoms with van der Waals surface area (Å²) < 4.78 is 26.3. The fraction of sp³-hybridized carbons (Fsp3) is 0.200. The number of hydrogen-bond acceptors (Lipinski definition) is 3. The SMILES string of the molecule is Cc1c(NCc2ccccc2Br)cccc1NS(C)(=O)=O. The second-order valence-electron chi connectivity index (χ2n) is 4.80. The molecule has 0 fully saturated rings. The molecule has 2 rings (SSSR count). The van der Waals surface area contributed by atoms with E-state index in [4.69, 9.17) is 0 Å². The van der Waals surface area contributed by atoms with Gasteiger partial charge in [-0.1, -0.05) is 40.2 Å². The zero-order valence-electron chi connectivity index (χ0n) is 11.9. The van der Waals surface area contributed by atoms with Crippen LogP contribution in [-0.4, -0.2) is 14.7 Å². The Morgan fingerprint density at radius 3 is 2.38 bits per heavy atom. The molecule has 0 heterocycles. The Balaban J connectivity index is 2.18. The predicted molar refractivity (Wildman–Crippen MR) is 91.1 cm³/mol. The highest BCUT2D eigenvalue weighted by Gasteiger charge is 2.08. The van der Waals surface area contributed by atoms with Gasteiger partial charge in [0.25, 0.3) is 0 Å². The normalized spacial score (nSPS) is 11.2. The van der Waals surface area contributed by atoms with Crippen molar-refractivity contribution in [3.63, 3.8) is 0 Å². The van der Waals surface area contributed by atoms with Crippen LogP contribution < -0.4 is 10.0 Å². The van der Waals surface area contributed by atoms with Gasteiger partial charge in [-0.3, -0.25) is 4.72 Å². The Morgan fingerprint density at radius 2 is 1.71 bits per heavy atom. The number of sulfonamides is 1. The van der Waals surface area contributed by atoms with E-state index in [9.17, 15) is 8.42 Å². The van der Waals surface area contributed by atoms with Crippen molar-refractivity contribution >= 4 is 37.3 Å². The number of halogens is 1. The Kier molecular flexibility index (Phi) is 4.90. The minimum Gasteiger partial charge on any atom is -0.381 e. The highest BCUT2D eigenvalue weighted by atomic mass is 79.9. The molecule has 0 amide bonds. The predicted octanol–water partition coefficient (Wildman–Crippen LogP) is 3.74. The van der Waals surface area contributed by atoms with Crippen molar-refractivity contribution in [2.75, 3.05) is 16.3 Å². The van der Waals surface area contributed by atoms with E-state index in [1.165, 1.54) is 0 Å². The molecule has 0 unspecified atom stereocenters. The Morgan fingerprint density at radius 1 is 1.05 bits per heavy atom. The van der Waals surface area contributed by atoms with Crippen LogP contribution in [0.15, 0.2) is 46.9 Å². The number of benzene rings is 2. The number of rotatable bonds is 5. The first-order valence-electron chi connectivity index (χ1n) is 6.41. The van der Waals surface area contributed by atoms with Crippen molar-refractivity contribution in [1.29, 1.82) is 0 Å². The molecule has 0 radical (unpaired) electrons. The largest absolute Gasteiger partial charge is 0.381 e. The van der Waals surface area contributed by atoms with E-state index in [1.54, 1.807) is 6.07 Å². The van der Waals surface area contributed by atoms with Crippen LogP contribution in [-0.2, 0) is 16.6 Å². The van der Waals surface area contributed by atoms with Gasteiger partial charge >= 0.3 is 0 Å². The van der Waals surface area contributed by atoms with E-state index in [0.29, 0.717) is 12.2 Å². The van der Waals surface area contributed by atoms with Crippen LogP contribution in [0.3, 0.4) is 0 Å². The minimum absolute atomic E-state index is 0.592. The second kappa shape index (κ2) is 6.49. The monoisotopic (exact) mass is 368 g/mol. The van der Waals surface area contributed by atoms with Crippen LogP contribution in [0.25, 0.3) is 0 Å². The van der Waals surface area contributed by atoms with E-state index in [1.807, 2.05) is 43.3 Å². The van der Waals surface area contributed by atoms with Gasteiger partial charge in [-0.25, -0.2) is 8.42 Å². The molecule has 112 valence electrons. The van der Waals surface area contributed by atoms with Gasteiger partial charge in [0.15, 0.2) is 0 Å². The molecule has 2 aromatic carbocycles. The molecular weight excluding hydrogens is 352 g/mol.